The Bertz CT molecular complexity index is 442. The van der Waals surface area contributed by atoms with Crippen molar-refractivity contribution in [3.63, 3.8) is 0 Å². The fraction of sp³-hybridized carbons (Fsp3) is 0.647. The van der Waals surface area contributed by atoms with Crippen LogP contribution < -0.4 is 10.1 Å². The van der Waals surface area contributed by atoms with E-state index in [2.05, 4.69) is 23.5 Å². The molecule has 19 heavy (non-hydrogen) atoms. The Morgan fingerprint density at radius 1 is 1.00 bits per heavy atom. The van der Waals surface area contributed by atoms with Gasteiger partial charge in [0.15, 0.2) is 0 Å². The molecule has 4 saturated carbocycles. The van der Waals surface area contributed by atoms with Crippen molar-refractivity contribution in [3.8, 4) is 5.75 Å². The van der Waals surface area contributed by atoms with Crippen LogP contribution in [0.25, 0.3) is 0 Å². The van der Waals surface area contributed by atoms with Crippen molar-refractivity contribution < 1.29 is 4.74 Å². The van der Waals surface area contributed by atoms with E-state index >= 15 is 0 Å². The molecule has 5 rings (SSSR count). The number of benzene rings is 1. The Kier molecular flexibility index (Phi) is 2.71. The van der Waals surface area contributed by atoms with Gasteiger partial charge < -0.3 is 10.1 Å². The van der Waals surface area contributed by atoms with Gasteiger partial charge in [-0.2, -0.15) is 0 Å². The Morgan fingerprint density at radius 3 is 2.32 bits per heavy atom. The average molecular weight is 257 g/mol. The highest BCUT2D eigenvalue weighted by molar-refractivity contribution is 5.49. The highest BCUT2D eigenvalue weighted by Gasteiger charge is 2.48. The molecule has 2 nitrogen and oxygen atoms in total. The predicted molar refractivity (Wildman–Crippen MR) is 77.4 cm³/mol. The van der Waals surface area contributed by atoms with Crippen LogP contribution in [0.5, 0.6) is 5.75 Å². The minimum absolute atomic E-state index is 0.708. The largest absolute Gasteiger partial charge is 0.497 e. The van der Waals surface area contributed by atoms with Crippen LogP contribution in [0.15, 0.2) is 24.3 Å². The van der Waals surface area contributed by atoms with E-state index in [9.17, 15) is 0 Å². The van der Waals surface area contributed by atoms with Crippen LogP contribution in [0.1, 0.15) is 32.1 Å². The first-order chi connectivity index (χ1) is 9.31. The normalized spacial score (nSPS) is 39.3. The summed E-state index contributed by atoms with van der Waals surface area (Å²) in [5, 5.41) is 3.82. The van der Waals surface area contributed by atoms with E-state index in [0.29, 0.717) is 6.04 Å². The van der Waals surface area contributed by atoms with Crippen LogP contribution in [0, 0.1) is 23.7 Å². The fourth-order valence-electron chi connectivity index (χ4n) is 5.07. The van der Waals surface area contributed by atoms with Gasteiger partial charge in [0.1, 0.15) is 5.75 Å². The summed E-state index contributed by atoms with van der Waals surface area (Å²) in [6.45, 7) is 0. The second-order valence-electron chi connectivity index (χ2n) is 6.83. The minimum atomic E-state index is 0.708. The van der Waals surface area contributed by atoms with E-state index in [1.807, 2.05) is 6.07 Å². The molecule has 4 fully saturated rings. The van der Waals surface area contributed by atoms with Crippen LogP contribution in [-0.4, -0.2) is 13.2 Å². The molecule has 4 aliphatic carbocycles. The first-order valence-corrected chi connectivity index (χ1v) is 7.72. The third-order valence-corrected chi connectivity index (χ3v) is 5.63. The van der Waals surface area contributed by atoms with Crippen molar-refractivity contribution in [1.29, 1.82) is 0 Å². The van der Waals surface area contributed by atoms with Crippen molar-refractivity contribution >= 4 is 5.69 Å². The van der Waals surface area contributed by atoms with Crippen molar-refractivity contribution in [2.75, 3.05) is 12.4 Å². The number of hydrogen-bond donors (Lipinski definition) is 1. The summed E-state index contributed by atoms with van der Waals surface area (Å²) in [6, 6.07) is 9.11. The number of anilines is 1. The van der Waals surface area contributed by atoms with Gasteiger partial charge in [-0.1, -0.05) is 6.07 Å². The Morgan fingerprint density at radius 2 is 1.68 bits per heavy atom. The second-order valence-corrected chi connectivity index (χ2v) is 6.83. The molecule has 0 aromatic heterocycles. The van der Waals surface area contributed by atoms with Crippen molar-refractivity contribution in [3.05, 3.63) is 24.3 Å². The smallest absolute Gasteiger partial charge is 0.120 e. The molecular formula is C17H23NO. The quantitative estimate of drug-likeness (QED) is 0.885. The Balaban J connectivity index is 1.53. The molecule has 102 valence electrons. The summed E-state index contributed by atoms with van der Waals surface area (Å²) in [5.74, 6) is 4.88. The SMILES string of the molecule is COc1cccc(NC2C3CC4CC(C3)CC2C4)c1. The lowest BCUT2D eigenvalue weighted by Gasteiger charge is -2.54. The summed E-state index contributed by atoms with van der Waals surface area (Å²) in [6.07, 6.45) is 7.39. The first kappa shape index (κ1) is 11.6. The number of nitrogens with one attached hydrogen (secondary N) is 1. The number of rotatable bonds is 3. The predicted octanol–water partition coefficient (Wildman–Crippen LogP) is 3.93. The molecule has 0 heterocycles. The molecule has 0 radical (unpaired) electrons. The fourth-order valence-corrected chi connectivity index (χ4v) is 5.07. The van der Waals surface area contributed by atoms with Gasteiger partial charge in [0.05, 0.1) is 7.11 Å². The monoisotopic (exact) mass is 257 g/mol. The van der Waals surface area contributed by atoms with Gasteiger partial charge in [0, 0.05) is 17.8 Å². The van der Waals surface area contributed by atoms with Crippen molar-refractivity contribution in [2.45, 2.75) is 38.1 Å². The third kappa shape index (κ3) is 2.01. The van der Waals surface area contributed by atoms with E-state index < -0.39 is 0 Å². The lowest BCUT2D eigenvalue weighted by Crippen LogP contribution is -2.51. The van der Waals surface area contributed by atoms with Gasteiger partial charge in [-0.15, -0.1) is 0 Å². The van der Waals surface area contributed by atoms with Crippen LogP contribution >= 0.6 is 0 Å². The van der Waals surface area contributed by atoms with Gasteiger partial charge in [-0.25, -0.2) is 0 Å². The molecule has 0 spiro atoms. The lowest BCUT2D eigenvalue weighted by atomic mass is 9.54. The van der Waals surface area contributed by atoms with Crippen LogP contribution in [-0.2, 0) is 0 Å². The molecule has 4 bridgehead atoms. The minimum Gasteiger partial charge on any atom is -0.497 e. The molecule has 1 N–H and O–H groups in total. The van der Waals surface area contributed by atoms with Gasteiger partial charge in [-0.05, 0) is 67.9 Å². The van der Waals surface area contributed by atoms with E-state index in [4.69, 9.17) is 4.74 Å². The van der Waals surface area contributed by atoms with Crippen LogP contribution in [0.2, 0.25) is 0 Å². The third-order valence-electron chi connectivity index (χ3n) is 5.63. The standard InChI is InChI=1S/C17H23NO/c1-19-16-4-2-3-15(10-16)18-17-13-6-11-5-12(8-13)9-14(17)7-11/h2-4,10-14,17-18H,5-9H2,1H3. The second kappa shape index (κ2) is 4.43. The molecule has 4 aliphatic rings. The van der Waals surface area contributed by atoms with Crippen LogP contribution in [0.3, 0.4) is 0 Å². The van der Waals surface area contributed by atoms with E-state index in [0.717, 1.165) is 29.4 Å². The maximum absolute atomic E-state index is 5.32. The zero-order valence-corrected chi connectivity index (χ0v) is 11.6. The van der Waals surface area contributed by atoms with Crippen LogP contribution in [0.4, 0.5) is 5.69 Å². The molecular weight excluding hydrogens is 234 g/mol. The Labute approximate surface area is 115 Å². The summed E-state index contributed by atoms with van der Waals surface area (Å²) in [7, 11) is 1.74. The Hall–Kier alpha value is -1.18. The molecule has 0 amide bonds. The summed E-state index contributed by atoms with van der Waals surface area (Å²) < 4.78 is 5.32. The molecule has 0 aliphatic heterocycles. The van der Waals surface area contributed by atoms with Gasteiger partial charge in [-0.3, -0.25) is 0 Å². The molecule has 0 unspecified atom stereocenters. The average Bonchev–Trinajstić information content (AvgIpc) is 2.42. The maximum Gasteiger partial charge on any atom is 0.120 e. The molecule has 1 aromatic carbocycles. The van der Waals surface area contributed by atoms with Gasteiger partial charge in [0.25, 0.3) is 0 Å². The van der Waals surface area contributed by atoms with E-state index in [-0.39, 0.29) is 0 Å². The van der Waals surface area contributed by atoms with Gasteiger partial charge >= 0.3 is 0 Å². The van der Waals surface area contributed by atoms with Crippen molar-refractivity contribution in [2.24, 2.45) is 23.7 Å². The summed E-state index contributed by atoms with van der Waals surface area (Å²) in [5.41, 5.74) is 1.23. The topological polar surface area (TPSA) is 21.3 Å². The summed E-state index contributed by atoms with van der Waals surface area (Å²) >= 11 is 0. The van der Waals surface area contributed by atoms with E-state index in [1.54, 1.807) is 7.11 Å². The molecule has 2 heteroatoms. The lowest BCUT2D eigenvalue weighted by molar-refractivity contribution is 0.00753. The van der Waals surface area contributed by atoms with Crippen molar-refractivity contribution in [1.82, 2.24) is 0 Å². The number of methoxy groups -OCH3 is 1. The summed E-state index contributed by atoms with van der Waals surface area (Å²) in [4.78, 5) is 0. The van der Waals surface area contributed by atoms with E-state index in [1.165, 1.54) is 37.8 Å². The number of ether oxygens (including phenoxy) is 1. The maximum atomic E-state index is 5.32. The molecule has 0 saturated heterocycles. The van der Waals surface area contributed by atoms with Gasteiger partial charge in [0.2, 0.25) is 0 Å². The highest BCUT2D eigenvalue weighted by Crippen LogP contribution is 2.54. The zero-order valence-electron chi connectivity index (χ0n) is 11.6. The molecule has 0 atom stereocenters. The first-order valence-electron chi connectivity index (χ1n) is 7.72. The molecule has 1 aromatic rings. The number of hydrogen-bond acceptors (Lipinski definition) is 2. The highest BCUT2D eigenvalue weighted by atomic mass is 16.5. The zero-order chi connectivity index (χ0) is 12.8.